The number of carbonyl (C=O) groups excluding carboxylic acids is 2. The van der Waals surface area contributed by atoms with Gasteiger partial charge in [-0.25, -0.2) is 4.79 Å². The Bertz CT molecular complexity index is 601. The van der Waals surface area contributed by atoms with Crippen LogP contribution in [0.5, 0.6) is 11.5 Å². The highest BCUT2D eigenvalue weighted by Crippen LogP contribution is 2.42. The lowest BCUT2D eigenvalue weighted by Gasteiger charge is -2.40. The van der Waals surface area contributed by atoms with Crippen molar-refractivity contribution in [3.05, 3.63) is 23.8 Å². The summed E-state index contributed by atoms with van der Waals surface area (Å²) in [6, 6.07) is 5.12. The van der Waals surface area contributed by atoms with Gasteiger partial charge in [0.05, 0.1) is 18.6 Å². The van der Waals surface area contributed by atoms with E-state index in [1.807, 2.05) is 0 Å². The van der Waals surface area contributed by atoms with E-state index in [1.54, 1.807) is 25.1 Å². The van der Waals surface area contributed by atoms with Crippen LogP contribution in [0.3, 0.4) is 0 Å². The first-order valence-electron chi connectivity index (χ1n) is 8.27. The van der Waals surface area contributed by atoms with Gasteiger partial charge in [-0.05, 0) is 44.7 Å². The normalized spacial score (nSPS) is 18.9. The van der Waals surface area contributed by atoms with Crippen LogP contribution < -0.4 is 9.47 Å². The van der Waals surface area contributed by atoms with Gasteiger partial charge in [0.25, 0.3) is 0 Å². The molecule has 0 bridgehead atoms. The van der Waals surface area contributed by atoms with Crippen molar-refractivity contribution in [1.82, 2.24) is 0 Å². The molecule has 1 fully saturated rings. The summed E-state index contributed by atoms with van der Waals surface area (Å²) in [5.74, 6) is 0.804. The van der Waals surface area contributed by atoms with Crippen molar-refractivity contribution >= 4 is 11.8 Å². The number of benzene rings is 1. The van der Waals surface area contributed by atoms with Crippen LogP contribution in [0.1, 0.15) is 55.8 Å². The van der Waals surface area contributed by atoms with Gasteiger partial charge >= 0.3 is 5.97 Å². The Morgan fingerprint density at radius 2 is 2.04 bits per heavy atom. The standard InChI is InChI=1S/C18H22O5/c1-2-21-17(20)12-22-13-6-7-14-15(19)11-18(23-16(14)10-13)8-4-3-5-9-18/h6-7,10H,2-5,8-9,11-12H2,1H3. The Balaban J connectivity index is 1.75. The summed E-state index contributed by atoms with van der Waals surface area (Å²) in [5, 5.41) is 0. The van der Waals surface area contributed by atoms with E-state index in [0.717, 1.165) is 25.7 Å². The second kappa shape index (κ2) is 6.60. The largest absolute Gasteiger partial charge is 0.486 e. The fourth-order valence-electron chi connectivity index (χ4n) is 3.38. The average molecular weight is 318 g/mol. The van der Waals surface area contributed by atoms with Crippen molar-refractivity contribution in [2.45, 2.75) is 51.0 Å². The number of hydrogen-bond donors (Lipinski definition) is 0. The fraction of sp³-hybridized carbons (Fsp3) is 0.556. The van der Waals surface area contributed by atoms with E-state index >= 15 is 0 Å². The molecule has 0 atom stereocenters. The SMILES string of the molecule is CCOC(=O)COc1ccc2c(c1)OC1(CCCCC1)CC2=O. The first-order valence-corrected chi connectivity index (χ1v) is 8.27. The van der Waals surface area contributed by atoms with Gasteiger partial charge in [0.2, 0.25) is 0 Å². The van der Waals surface area contributed by atoms with Crippen molar-refractivity contribution in [3.63, 3.8) is 0 Å². The molecule has 0 N–H and O–H groups in total. The molecule has 0 aromatic heterocycles. The van der Waals surface area contributed by atoms with Crippen molar-refractivity contribution < 1.29 is 23.8 Å². The number of Topliss-reactive ketones (excluding diaryl/α,β-unsaturated/α-hetero) is 1. The Morgan fingerprint density at radius 1 is 1.26 bits per heavy atom. The highest BCUT2D eigenvalue weighted by atomic mass is 16.6. The summed E-state index contributed by atoms with van der Waals surface area (Å²) in [4.78, 5) is 23.8. The molecule has 23 heavy (non-hydrogen) atoms. The molecule has 3 rings (SSSR count). The van der Waals surface area contributed by atoms with Gasteiger partial charge < -0.3 is 14.2 Å². The third-order valence-electron chi connectivity index (χ3n) is 4.49. The number of fused-ring (bicyclic) bond motifs is 1. The van der Waals surface area contributed by atoms with E-state index in [2.05, 4.69) is 0 Å². The molecule has 1 heterocycles. The van der Waals surface area contributed by atoms with Crippen molar-refractivity contribution in [3.8, 4) is 11.5 Å². The molecule has 1 aromatic carbocycles. The zero-order valence-corrected chi connectivity index (χ0v) is 13.4. The van der Waals surface area contributed by atoms with Gasteiger partial charge in [-0.3, -0.25) is 4.79 Å². The number of hydrogen-bond acceptors (Lipinski definition) is 5. The summed E-state index contributed by atoms with van der Waals surface area (Å²) in [5.41, 5.74) is 0.256. The third-order valence-corrected chi connectivity index (χ3v) is 4.49. The summed E-state index contributed by atoms with van der Waals surface area (Å²) in [7, 11) is 0. The van der Waals surface area contributed by atoms with E-state index in [4.69, 9.17) is 14.2 Å². The van der Waals surface area contributed by atoms with E-state index in [1.165, 1.54) is 6.42 Å². The maximum atomic E-state index is 12.4. The Labute approximate surface area is 135 Å². The summed E-state index contributed by atoms with van der Waals surface area (Å²) >= 11 is 0. The minimum absolute atomic E-state index is 0.130. The lowest BCUT2D eigenvalue weighted by Crippen LogP contribution is -2.43. The molecule has 1 aromatic rings. The molecule has 0 unspecified atom stereocenters. The molecule has 1 aliphatic carbocycles. The number of rotatable bonds is 4. The minimum Gasteiger partial charge on any atom is -0.486 e. The molecule has 1 saturated carbocycles. The quantitative estimate of drug-likeness (QED) is 0.797. The molecule has 0 saturated heterocycles. The molecule has 124 valence electrons. The zero-order valence-electron chi connectivity index (χ0n) is 13.4. The predicted octanol–water partition coefficient (Wildman–Crippen LogP) is 3.30. The van der Waals surface area contributed by atoms with Crippen LogP contribution in [0.15, 0.2) is 18.2 Å². The molecule has 2 aliphatic rings. The van der Waals surface area contributed by atoms with Crippen LogP contribution in [0.4, 0.5) is 0 Å². The predicted molar refractivity (Wildman–Crippen MR) is 84.0 cm³/mol. The number of carbonyl (C=O) groups is 2. The maximum absolute atomic E-state index is 12.4. The number of esters is 1. The maximum Gasteiger partial charge on any atom is 0.344 e. The molecular formula is C18H22O5. The molecule has 5 nitrogen and oxygen atoms in total. The summed E-state index contributed by atoms with van der Waals surface area (Å²) < 4.78 is 16.5. The topological polar surface area (TPSA) is 61.8 Å². The van der Waals surface area contributed by atoms with Crippen LogP contribution in [-0.4, -0.2) is 30.6 Å². The Morgan fingerprint density at radius 3 is 2.78 bits per heavy atom. The first-order chi connectivity index (χ1) is 11.1. The average Bonchev–Trinajstić information content (AvgIpc) is 2.53. The number of ether oxygens (including phenoxy) is 3. The lowest BCUT2D eigenvalue weighted by molar-refractivity contribution is -0.145. The Hall–Kier alpha value is -2.04. The zero-order chi connectivity index (χ0) is 16.3. The van der Waals surface area contributed by atoms with Crippen molar-refractivity contribution in [2.24, 2.45) is 0 Å². The van der Waals surface area contributed by atoms with Crippen LogP contribution in [-0.2, 0) is 9.53 Å². The summed E-state index contributed by atoms with van der Waals surface area (Å²) in [6.07, 6.45) is 5.71. The van der Waals surface area contributed by atoms with E-state index in [0.29, 0.717) is 30.1 Å². The second-order valence-electron chi connectivity index (χ2n) is 6.20. The smallest absolute Gasteiger partial charge is 0.344 e. The lowest BCUT2D eigenvalue weighted by atomic mass is 9.78. The van der Waals surface area contributed by atoms with Crippen LogP contribution >= 0.6 is 0 Å². The molecule has 0 amide bonds. The molecule has 1 aliphatic heterocycles. The first kappa shape index (κ1) is 15.8. The van der Waals surface area contributed by atoms with Gasteiger partial charge in [-0.1, -0.05) is 6.42 Å². The van der Waals surface area contributed by atoms with Gasteiger partial charge in [0, 0.05) is 6.07 Å². The highest BCUT2D eigenvalue weighted by Gasteiger charge is 2.41. The number of ketones is 1. The second-order valence-corrected chi connectivity index (χ2v) is 6.20. The van der Waals surface area contributed by atoms with Crippen molar-refractivity contribution in [2.75, 3.05) is 13.2 Å². The molecule has 5 heteroatoms. The van der Waals surface area contributed by atoms with Crippen LogP contribution in [0, 0.1) is 0 Å². The Kier molecular flexibility index (Phi) is 4.55. The summed E-state index contributed by atoms with van der Waals surface area (Å²) in [6.45, 7) is 1.93. The minimum atomic E-state index is -0.411. The van der Waals surface area contributed by atoms with Gasteiger partial charge in [-0.15, -0.1) is 0 Å². The van der Waals surface area contributed by atoms with Crippen LogP contribution in [0.2, 0.25) is 0 Å². The molecule has 0 radical (unpaired) electrons. The van der Waals surface area contributed by atoms with Crippen LogP contribution in [0.25, 0.3) is 0 Å². The third kappa shape index (κ3) is 3.49. The highest BCUT2D eigenvalue weighted by molar-refractivity contribution is 6.00. The van der Waals surface area contributed by atoms with Gasteiger partial charge in [0.15, 0.2) is 12.4 Å². The molecular weight excluding hydrogens is 296 g/mol. The van der Waals surface area contributed by atoms with Gasteiger partial charge in [-0.2, -0.15) is 0 Å². The van der Waals surface area contributed by atoms with Gasteiger partial charge in [0.1, 0.15) is 17.1 Å². The van der Waals surface area contributed by atoms with E-state index in [9.17, 15) is 9.59 Å². The monoisotopic (exact) mass is 318 g/mol. The van der Waals surface area contributed by atoms with E-state index in [-0.39, 0.29) is 18.0 Å². The van der Waals surface area contributed by atoms with Crippen molar-refractivity contribution in [1.29, 1.82) is 0 Å². The fourth-order valence-corrected chi connectivity index (χ4v) is 3.38. The molecule has 1 spiro atoms. The van der Waals surface area contributed by atoms with E-state index < -0.39 is 5.97 Å².